The minimum absolute atomic E-state index is 0.0395. The van der Waals surface area contributed by atoms with Gasteiger partial charge in [0.15, 0.2) is 5.13 Å². The topological polar surface area (TPSA) is 93.7 Å². The molecule has 208 valence electrons. The second-order valence-electron chi connectivity index (χ2n) is 10.2. The molecule has 0 saturated heterocycles. The van der Waals surface area contributed by atoms with Gasteiger partial charge in [-0.2, -0.15) is 13.2 Å². The highest BCUT2D eigenvalue weighted by atomic mass is 79.9. The number of hydrogen-bond donors (Lipinski definition) is 1. The highest BCUT2D eigenvalue weighted by Crippen LogP contribution is 2.32. The van der Waals surface area contributed by atoms with Crippen LogP contribution in [0.4, 0.5) is 27.9 Å². The quantitative estimate of drug-likeness (QED) is 0.368. The molecule has 0 saturated carbocycles. The first-order chi connectivity index (χ1) is 17.4. The molecule has 1 N–H and O–H groups in total. The van der Waals surface area contributed by atoms with Gasteiger partial charge in [-0.3, -0.25) is 9.88 Å². The molecule has 38 heavy (non-hydrogen) atoms. The van der Waals surface area contributed by atoms with E-state index in [-0.39, 0.29) is 18.1 Å². The summed E-state index contributed by atoms with van der Waals surface area (Å²) < 4.78 is 50.5. The van der Waals surface area contributed by atoms with Crippen molar-refractivity contribution in [2.75, 3.05) is 11.4 Å². The summed E-state index contributed by atoms with van der Waals surface area (Å²) in [6.45, 7) is 11.7. The van der Waals surface area contributed by atoms with Crippen molar-refractivity contribution in [2.24, 2.45) is 0 Å². The van der Waals surface area contributed by atoms with E-state index in [0.717, 1.165) is 23.6 Å². The van der Waals surface area contributed by atoms with E-state index >= 15 is 0 Å². The molecule has 0 fully saturated rings. The van der Waals surface area contributed by atoms with Crippen molar-refractivity contribution in [1.82, 2.24) is 15.3 Å². The van der Waals surface area contributed by atoms with E-state index in [9.17, 15) is 22.8 Å². The molecular formula is C25H30BrF3N4O4S. The van der Waals surface area contributed by atoms with E-state index in [1.165, 1.54) is 11.0 Å². The van der Waals surface area contributed by atoms with Crippen molar-refractivity contribution in [2.45, 2.75) is 78.3 Å². The predicted molar refractivity (Wildman–Crippen MR) is 142 cm³/mol. The van der Waals surface area contributed by atoms with Crippen molar-refractivity contribution in [3.63, 3.8) is 0 Å². The standard InChI is InChI=1S/C25H30BrF3N4O4S/c1-8-9-17-19(26)38-20(32-17)33(22(35)37-24(5,6)7)14-16(31-21(34)36-23(2,3)4)12-15-10-11-18(30-13-15)25(27,28)29/h10-11,13,16H,12,14H2,1-7H3,(H,31,34)/t16-/m0/s1. The van der Waals surface area contributed by atoms with Gasteiger partial charge >= 0.3 is 18.4 Å². The molecule has 0 aliphatic heterocycles. The lowest BCUT2D eigenvalue weighted by molar-refractivity contribution is -0.141. The van der Waals surface area contributed by atoms with Gasteiger partial charge < -0.3 is 14.8 Å². The van der Waals surface area contributed by atoms with Gasteiger partial charge in [0.2, 0.25) is 0 Å². The van der Waals surface area contributed by atoms with Crippen molar-refractivity contribution < 1.29 is 32.2 Å². The molecule has 0 aromatic carbocycles. The fraction of sp³-hybridized carbons (Fsp3) is 0.520. The summed E-state index contributed by atoms with van der Waals surface area (Å²) in [5.41, 5.74) is -1.85. The van der Waals surface area contributed by atoms with E-state index in [0.29, 0.717) is 15.0 Å². The van der Waals surface area contributed by atoms with Gasteiger partial charge in [0, 0.05) is 6.20 Å². The lowest BCUT2D eigenvalue weighted by Gasteiger charge is -2.30. The Morgan fingerprint density at radius 3 is 2.26 bits per heavy atom. The maximum absolute atomic E-state index is 13.2. The fourth-order valence-corrected chi connectivity index (χ4v) is 4.37. The highest BCUT2D eigenvalue weighted by Gasteiger charge is 2.33. The summed E-state index contributed by atoms with van der Waals surface area (Å²) in [4.78, 5) is 35.0. The second-order valence-corrected chi connectivity index (χ2v) is 12.5. The number of ether oxygens (including phenoxy) is 2. The predicted octanol–water partition coefficient (Wildman–Crippen LogP) is 6.57. The Morgan fingerprint density at radius 2 is 1.76 bits per heavy atom. The van der Waals surface area contributed by atoms with E-state index in [1.807, 2.05) is 0 Å². The highest BCUT2D eigenvalue weighted by molar-refractivity contribution is 9.11. The molecule has 0 unspecified atom stereocenters. The van der Waals surface area contributed by atoms with Crippen molar-refractivity contribution >= 4 is 44.6 Å². The summed E-state index contributed by atoms with van der Waals surface area (Å²) in [5.74, 6) is 5.59. The molecule has 0 aliphatic carbocycles. The second kappa shape index (κ2) is 12.3. The van der Waals surface area contributed by atoms with Gasteiger partial charge in [-0.25, -0.2) is 14.6 Å². The van der Waals surface area contributed by atoms with Crippen LogP contribution in [0.3, 0.4) is 0 Å². The number of thiazole rings is 1. The third-order valence-corrected chi connectivity index (χ3v) is 6.11. The fourth-order valence-electron chi connectivity index (χ4n) is 3.00. The molecule has 2 aromatic rings. The third kappa shape index (κ3) is 10.1. The first kappa shape index (κ1) is 31.4. The van der Waals surface area contributed by atoms with Crippen LogP contribution < -0.4 is 10.2 Å². The number of rotatable bonds is 6. The molecule has 13 heteroatoms. The number of nitrogens with zero attached hydrogens (tertiary/aromatic N) is 3. The summed E-state index contributed by atoms with van der Waals surface area (Å²) >= 11 is 4.54. The Morgan fingerprint density at radius 1 is 1.13 bits per heavy atom. The van der Waals surface area contributed by atoms with Crippen LogP contribution in [0.5, 0.6) is 0 Å². The monoisotopic (exact) mass is 618 g/mol. The number of hydrogen-bond acceptors (Lipinski definition) is 7. The molecule has 2 amide bonds. The molecule has 1 atom stereocenters. The Hall–Kier alpha value is -2.85. The zero-order valence-electron chi connectivity index (χ0n) is 22.1. The molecule has 0 radical (unpaired) electrons. The van der Waals surface area contributed by atoms with Crippen LogP contribution in [0.15, 0.2) is 22.1 Å². The number of alkyl halides is 3. The number of alkyl carbamates (subject to hydrolysis) is 1. The zero-order chi connectivity index (χ0) is 28.9. The number of pyridine rings is 1. The zero-order valence-corrected chi connectivity index (χ0v) is 24.5. The number of carbonyl (C=O) groups excluding carboxylic acids is 2. The number of anilines is 1. The van der Waals surface area contributed by atoms with E-state index in [4.69, 9.17) is 9.47 Å². The molecule has 0 spiro atoms. The number of aromatic nitrogens is 2. The average molecular weight is 620 g/mol. The van der Waals surface area contributed by atoms with Crippen LogP contribution >= 0.6 is 27.3 Å². The first-order valence-electron chi connectivity index (χ1n) is 11.5. The third-order valence-electron chi connectivity index (χ3n) is 4.38. The van der Waals surface area contributed by atoms with Crippen LogP contribution in [0.25, 0.3) is 0 Å². The van der Waals surface area contributed by atoms with Gasteiger partial charge in [-0.1, -0.05) is 23.3 Å². The van der Waals surface area contributed by atoms with Crippen LogP contribution in [0.2, 0.25) is 0 Å². The van der Waals surface area contributed by atoms with Gasteiger partial charge in [-0.05, 0) is 88.4 Å². The lowest BCUT2D eigenvalue weighted by Crippen LogP contribution is -2.49. The average Bonchev–Trinajstić information content (AvgIpc) is 3.09. The minimum atomic E-state index is -4.59. The smallest absolute Gasteiger partial charge is 0.433 e. The van der Waals surface area contributed by atoms with E-state index < -0.39 is 41.3 Å². The van der Waals surface area contributed by atoms with E-state index in [2.05, 4.69) is 43.1 Å². The Balaban J connectivity index is 2.45. The Labute approximate surface area is 232 Å². The molecule has 2 rings (SSSR count). The summed E-state index contributed by atoms with van der Waals surface area (Å²) in [5, 5.41) is 2.96. The van der Waals surface area contributed by atoms with Crippen LogP contribution in [0, 0.1) is 11.8 Å². The first-order valence-corrected chi connectivity index (χ1v) is 13.1. The van der Waals surface area contributed by atoms with Crippen LogP contribution in [-0.4, -0.2) is 45.9 Å². The Bertz CT molecular complexity index is 1190. The van der Waals surface area contributed by atoms with Gasteiger partial charge in [-0.15, -0.1) is 0 Å². The normalized spacial score (nSPS) is 12.7. The maximum atomic E-state index is 13.2. The van der Waals surface area contributed by atoms with E-state index in [1.54, 1.807) is 48.5 Å². The van der Waals surface area contributed by atoms with Crippen molar-refractivity contribution in [1.29, 1.82) is 0 Å². The molecule has 0 aliphatic rings. The molecule has 8 nitrogen and oxygen atoms in total. The summed E-state index contributed by atoms with van der Waals surface area (Å²) in [6, 6.07) is 1.32. The molecule has 2 heterocycles. The number of halogens is 4. The van der Waals surface area contributed by atoms with Crippen LogP contribution in [0.1, 0.15) is 65.4 Å². The van der Waals surface area contributed by atoms with Crippen molar-refractivity contribution in [3.8, 4) is 11.8 Å². The van der Waals surface area contributed by atoms with Gasteiger partial charge in [0.25, 0.3) is 0 Å². The number of nitrogens with one attached hydrogen (secondary N) is 1. The molecule has 2 aromatic heterocycles. The van der Waals surface area contributed by atoms with Crippen LogP contribution in [-0.2, 0) is 22.1 Å². The number of carbonyl (C=O) groups is 2. The maximum Gasteiger partial charge on any atom is 0.433 e. The summed E-state index contributed by atoms with van der Waals surface area (Å²) in [7, 11) is 0. The Kier molecular flexibility index (Phi) is 10.2. The summed E-state index contributed by atoms with van der Waals surface area (Å²) in [6.07, 6.45) is -4.95. The SMILES string of the molecule is CC#Cc1nc(N(C[C@H](Cc2ccc(C(F)(F)F)nc2)NC(=O)OC(C)(C)C)C(=O)OC(C)(C)C)sc1Br. The van der Waals surface area contributed by atoms with Gasteiger partial charge in [0.1, 0.15) is 26.4 Å². The minimum Gasteiger partial charge on any atom is -0.444 e. The molecular weight excluding hydrogens is 589 g/mol. The molecule has 0 bridgehead atoms. The van der Waals surface area contributed by atoms with Crippen molar-refractivity contribution in [3.05, 3.63) is 39.1 Å². The van der Waals surface area contributed by atoms with Gasteiger partial charge in [0.05, 0.1) is 12.6 Å². The lowest BCUT2D eigenvalue weighted by atomic mass is 10.1. The largest absolute Gasteiger partial charge is 0.444 e. The number of amides is 2.